The molecule has 7 rings (SSSR count). The molecule has 4 saturated heterocycles. The molecule has 24 heteroatoms. The number of fused-ring (bicyclic) bond motifs is 1. The number of ether oxygens (including phenoxy) is 9. The van der Waals surface area contributed by atoms with Crippen LogP contribution in [0.25, 0.3) is 22.3 Å². The van der Waals surface area contributed by atoms with E-state index in [0.717, 1.165) is 6.07 Å². The van der Waals surface area contributed by atoms with E-state index in [1.807, 2.05) is 0 Å². The van der Waals surface area contributed by atoms with Crippen molar-refractivity contribution in [2.24, 2.45) is 0 Å². The lowest BCUT2D eigenvalue weighted by atomic mass is 9.96. The largest absolute Gasteiger partial charge is 0.507 e. The molecule has 1 aromatic heterocycles. The van der Waals surface area contributed by atoms with Gasteiger partial charge in [0, 0.05) is 23.8 Å². The van der Waals surface area contributed by atoms with E-state index < -0.39 is 154 Å². The zero-order valence-electron chi connectivity index (χ0n) is 34.0. The third-order valence-electron chi connectivity index (χ3n) is 11.6. The summed E-state index contributed by atoms with van der Waals surface area (Å²) in [7, 11) is 1.48. The van der Waals surface area contributed by atoms with Crippen molar-refractivity contribution in [1.29, 1.82) is 0 Å². The number of hydrogen-bond acceptors (Lipinski definition) is 24. The van der Waals surface area contributed by atoms with Gasteiger partial charge in [0.2, 0.25) is 6.29 Å². The fraction of sp³-hybridized carbons (Fsp3) is 0.625. The van der Waals surface area contributed by atoms with E-state index in [9.17, 15) is 71.2 Å². The number of phenolic OH excluding ortho intramolecular Hbond substituents is 1. The Bertz CT molecular complexity index is 2070. The topological polar surface area (TPSA) is 376 Å². The molecule has 20 unspecified atom stereocenters. The molecule has 0 saturated carbocycles. The SMILES string of the molecule is COc1ccc(-c2cc(=O)c3c(O)cc(OC4OC(CO)C(O)C(O)C4OC4OC(CO)C(O)C(O)C4OC4OC(CO)C(O)C(O)C4OC4OC(C)C(O)C(O)C4O)cc3o2)cc1. The van der Waals surface area contributed by atoms with Gasteiger partial charge in [-0.05, 0) is 31.2 Å². The van der Waals surface area contributed by atoms with Crippen LogP contribution in [0.4, 0.5) is 0 Å². The summed E-state index contributed by atoms with van der Waals surface area (Å²) in [6.45, 7) is -1.38. The molecule has 13 N–H and O–H groups in total. The number of aliphatic hydroxyl groups excluding tert-OH is 12. The molecular weight excluding hydrogens is 864 g/mol. The van der Waals surface area contributed by atoms with Crippen LogP contribution >= 0.6 is 0 Å². The van der Waals surface area contributed by atoms with Gasteiger partial charge in [0.1, 0.15) is 119 Å². The minimum Gasteiger partial charge on any atom is -0.507 e. The van der Waals surface area contributed by atoms with E-state index in [1.165, 1.54) is 26.2 Å². The maximum Gasteiger partial charge on any atom is 0.229 e. The van der Waals surface area contributed by atoms with Crippen molar-refractivity contribution in [3.05, 3.63) is 52.7 Å². The summed E-state index contributed by atoms with van der Waals surface area (Å²) in [5.41, 5.74) is -0.324. The van der Waals surface area contributed by atoms with Gasteiger partial charge in [-0.1, -0.05) is 0 Å². The van der Waals surface area contributed by atoms with Gasteiger partial charge < -0.3 is 113 Å². The summed E-state index contributed by atoms with van der Waals surface area (Å²) in [6, 6.07) is 9.89. The molecule has 24 nitrogen and oxygen atoms in total. The lowest BCUT2D eigenvalue weighted by Crippen LogP contribution is -2.68. The summed E-state index contributed by atoms with van der Waals surface area (Å²) < 4.78 is 57.7. The van der Waals surface area contributed by atoms with Crippen LogP contribution in [0, 0.1) is 0 Å². The molecule has 0 radical (unpaired) electrons. The van der Waals surface area contributed by atoms with Crippen molar-refractivity contribution >= 4 is 11.0 Å². The Morgan fingerprint density at radius 3 is 1.53 bits per heavy atom. The third kappa shape index (κ3) is 9.45. The Kier molecular flexibility index (Phi) is 15.1. The lowest BCUT2D eigenvalue weighted by molar-refractivity contribution is -0.403. The standard InChI is InChI=1S/C40H52O24/c1-13-25(46)29(50)33(54)37(56-13)62-35-31(52)27(48)22(11-42)60-39(35)64-36-32(53)28(49)23(12-43)61-40(36)63-34-30(51)26(47)21(10-41)59-38(34)57-16-7-17(44)24-18(45)9-19(58-20(24)8-16)14-3-5-15(55-2)6-4-14/h3-9,13,21-23,25-44,46-54H,10-12H2,1-2H3. The van der Waals surface area contributed by atoms with E-state index in [2.05, 4.69) is 0 Å². The van der Waals surface area contributed by atoms with Gasteiger partial charge in [0.05, 0.1) is 33.0 Å². The number of phenols is 1. The van der Waals surface area contributed by atoms with Crippen molar-refractivity contribution in [3.63, 3.8) is 0 Å². The van der Waals surface area contributed by atoms with Gasteiger partial charge >= 0.3 is 0 Å². The second-order valence-electron chi connectivity index (χ2n) is 15.7. The van der Waals surface area contributed by atoms with Crippen molar-refractivity contribution in [2.75, 3.05) is 26.9 Å². The van der Waals surface area contributed by atoms with Crippen molar-refractivity contribution in [1.82, 2.24) is 0 Å². The van der Waals surface area contributed by atoms with Crippen molar-refractivity contribution in [2.45, 2.75) is 130 Å². The second-order valence-corrected chi connectivity index (χ2v) is 15.7. The first-order chi connectivity index (χ1) is 30.5. The molecule has 2 aromatic carbocycles. The molecule has 4 aliphatic heterocycles. The van der Waals surface area contributed by atoms with Crippen molar-refractivity contribution in [3.8, 4) is 28.6 Å². The molecule has 3 aromatic rings. The lowest BCUT2D eigenvalue weighted by Gasteiger charge is -2.49. The van der Waals surface area contributed by atoms with E-state index >= 15 is 0 Å². The fourth-order valence-electron chi connectivity index (χ4n) is 7.85. The molecule has 356 valence electrons. The number of aliphatic hydroxyl groups is 12. The predicted molar refractivity (Wildman–Crippen MR) is 207 cm³/mol. The Hall–Kier alpha value is -3.71. The molecule has 4 fully saturated rings. The first-order valence-corrected chi connectivity index (χ1v) is 20.1. The molecule has 0 spiro atoms. The zero-order chi connectivity index (χ0) is 46.3. The van der Waals surface area contributed by atoms with Gasteiger partial charge in [-0.25, -0.2) is 0 Å². The summed E-state index contributed by atoms with van der Waals surface area (Å²) in [4.78, 5) is 13.2. The molecule has 0 aliphatic carbocycles. The molecule has 5 heterocycles. The van der Waals surface area contributed by atoms with E-state index in [-0.39, 0.29) is 22.5 Å². The smallest absolute Gasteiger partial charge is 0.229 e. The molecule has 64 heavy (non-hydrogen) atoms. The average Bonchev–Trinajstić information content (AvgIpc) is 3.28. The maximum absolute atomic E-state index is 13.2. The molecular formula is C40H52O24. The third-order valence-corrected chi connectivity index (χ3v) is 11.6. The number of rotatable bonds is 13. The molecule has 20 atom stereocenters. The first-order valence-electron chi connectivity index (χ1n) is 20.1. The predicted octanol–water partition coefficient (Wildman–Crippen LogP) is -5.15. The summed E-state index contributed by atoms with van der Waals surface area (Å²) >= 11 is 0. The van der Waals surface area contributed by atoms with Crippen LogP contribution in [0.5, 0.6) is 17.2 Å². The summed E-state index contributed by atoms with van der Waals surface area (Å²) in [5, 5.41) is 139. The highest BCUT2D eigenvalue weighted by atomic mass is 16.8. The molecule has 4 aliphatic rings. The highest BCUT2D eigenvalue weighted by molar-refractivity contribution is 5.86. The second kappa shape index (κ2) is 20.0. The Morgan fingerprint density at radius 1 is 0.547 bits per heavy atom. The number of aromatic hydroxyl groups is 1. The van der Waals surface area contributed by atoms with Gasteiger partial charge in [-0.15, -0.1) is 0 Å². The Morgan fingerprint density at radius 2 is 1.03 bits per heavy atom. The van der Waals surface area contributed by atoms with Gasteiger partial charge in [-0.2, -0.15) is 0 Å². The quantitative estimate of drug-likeness (QED) is 0.0762. The molecule has 0 bridgehead atoms. The monoisotopic (exact) mass is 916 g/mol. The highest BCUT2D eigenvalue weighted by Gasteiger charge is 2.56. The molecule has 0 amide bonds. The van der Waals surface area contributed by atoms with Gasteiger partial charge in [0.15, 0.2) is 30.4 Å². The van der Waals surface area contributed by atoms with E-state index in [0.29, 0.717) is 11.3 Å². The van der Waals surface area contributed by atoms with Crippen LogP contribution < -0.4 is 14.9 Å². The van der Waals surface area contributed by atoms with Crippen LogP contribution in [0.15, 0.2) is 51.7 Å². The average molecular weight is 917 g/mol. The summed E-state index contributed by atoms with van der Waals surface area (Å²) in [6.07, 6.45) is -36.6. The van der Waals surface area contributed by atoms with Crippen LogP contribution in [0.2, 0.25) is 0 Å². The van der Waals surface area contributed by atoms with Crippen LogP contribution in [-0.4, -0.2) is 216 Å². The zero-order valence-corrected chi connectivity index (χ0v) is 34.0. The number of hydrogen-bond donors (Lipinski definition) is 13. The minimum absolute atomic E-state index is 0.0979. The normalized spacial score (nSPS) is 40.6. The van der Waals surface area contributed by atoms with Crippen LogP contribution in [-0.2, 0) is 33.2 Å². The Balaban J connectivity index is 1.20. The van der Waals surface area contributed by atoms with Crippen molar-refractivity contribution < 1.29 is 113 Å². The first kappa shape index (κ1) is 48.2. The van der Waals surface area contributed by atoms with Gasteiger partial charge in [-0.3, -0.25) is 4.79 Å². The number of benzene rings is 2. The highest BCUT2D eigenvalue weighted by Crippen LogP contribution is 2.37. The summed E-state index contributed by atoms with van der Waals surface area (Å²) in [5.74, 6) is -0.241. The van der Waals surface area contributed by atoms with Crippen LogP contribution in [0.1, 0.15) is 6.92 Å². The maximum atomic E-state index is 13.2. The van der Waals surface area contributed by atoms with Gasteiger partial charge in [0.25, 0.3) is 0 Å². The number of methoxy groups -OCH3 is 1. The van der Waals surface area contributed by atoms with E-state index in [1.54, 1.807) is 24.3 Å². The van der Waals surface area contributed by atoms with Crippen LogP contribution in [0.3, 0.4) is 0 Å². The fourth-order valence-corrected chi connectivity index (χ4v) is 7.85. The minimum atomic E-state index is -2.10. The Labute approximate surface area is 362 Å². The van der Waals surface area contributed by atoms with E-state index in [4.69, 9.17) is 47.0 Å².